The largest absolute Gasteiger partial charge is 0.377 e. The molecule has 0 saturated carbocycles. The predicted octanol–water partition coefficient (Wildman–Crippen LogP) is 2.54. The summed E-state index contributed by atoms with van der Waals surface area (Å²) in [4.78, 5) is 0.294. The van der Waals surface area contributed by atoms with Crippen LogP contribution in [0.2, 0.25) is 0 Å². The van der Waals surface area contributed by atoms with Crippen LogP contribution in [0.5, 0.6) is 0 Å². The molecule has 4 nitrogen and oxygen atoms in total. The number of hydrogen-bond acceptors (Lipinski definition) is 3. The Bertz CT molecular complexity index is 703. The fourth-order valence-electron chi connectivity index (χ4n) is 1.85. The lowest BCUT2D eigenvalue weighted by atomic mass is 10.1. The Balaban J connectivity index is 2.38. The Morgan fingerprint density at radius 2 is 1.75 bits per heavy atom. The first kappa shape index (κ1) is 15.0. The van der Waals surface area contributed by atoms with Crippen molar-refractivity contribution in [2.45, 2.75) is 24.3 Å². The zero-order valence-electron chi connectivity index (χ0n) is 11.9. The minimum atomic E-state index is -3.56. The van der Waals surface area contributed by atoms with Gasteiger partial charge in [-0.1, -0.05) is 36.4 Å². The van der Waals surface area contributed by atoms with Crippen LogP contribution in [0.3, 0.4) is 0 Å². The van der Waals surface area contributed by atoms with E-state index in [4.69, 9.17) is 4.74 Å². The molecule has 0 bridgehead atoms. The van der Waals surface area contributed by atoms with Crippen molar-refractivity contribution in [3.05, 3.63) is 42.5 Å². The first-order valence-electron chi connectivity index (χ1n) is 6.38. The smallest absolute Gasteiger partial charge is 0.241 e. The van der Waals surface area contributed by atoms with Crippen molar-refractivity contribution in [3.8, 4) is 0 Å². The summed E-state index contributed by atoms with van der Waals surface area (Å²) >= 11 is 0. The molecular weight excluding hydrogens is 274 g/mol. The molecule has 20 heavy (non-hydrogen) atoms. The molecule has 108 valence electrons. The number of nitrogens with one attached hydrogen (secondary N) is 1. The maximum absolute atomic E-state index is 12.4. The first-order valence-corrected chi connectivity index (χ1v) is 7.87. The van der Waals surface area contributed by atoms with Crippen LogP contribution in [0, 0.1) is 0 Å². The van der Waals surface area contributed by atoms with Gasteiger partial charge in [-0.2, -0.15) is 0 Å². The molecule has 0 spiro atoms. The number of sulfonamides is 1. The quantitative estimate of drug-likeness (QED) is 0.921. The van der Waals surface area contributed by atoms with Crippen molar-refractivity contribution in [2.75, 3.05) is 13.7 Å². The Hall–Kier alpha value is -1.43. The lowest BCUT2D eigenvalue weighted by Gasteiger charge is -2.23. The standard InChI is InChI=1S/C15H19NO3S/c1-15(2,19-3)11-16-20(17,18)14-10-6-8-12-7-4-5-9-13(12)14/h4-10,16H,11H2,1-3H3. The molecule has 0 saturated heterocycles. The van der Waals surface area contributed by atoms with Crippen molar-refractivity contribution < 1.29 is 13.2 Å². The van der Waals surface area contributed by atoms with Crippen molar-refractivity contribution in [1.82, 2.24) is 4.72 Å². The maximum atomic E-state index is 12.4. The SMILES string of the molecule is COC(C)(C)CNS(=O)(=O)c1cccc2ccccc12. The number of benzene rings is 2. The molecule has 0 aromatic heterocycles. The Labute approximate surface area is 119 Å². The van der Waals surface area contributed by atoms with Gasteiger partial charge < -0.3 is 4.74 Å². The van der Waals surface area contributed by atoms with Gasteiger partial charge in [0, 0.05) is 19.0 Å². The molecule has 0 heterocycles. The highest BCUT2D eigenvalue weighted by Gasteiger charge is 2.22. The Morgan fingerprint density at radius 1 is 1.10 bits per heavy atom. The van der Waals surface area contributed by atoms with Crippen LogP contribution in [0.25, 0.3) is 10.8 Å². The van der Waals surface area contributed by atoms with Gasteiger partial charge in [0.1, 0.15) is 0 Å². The molecule has 1 N–H and O–H groups in total. The molecule has 0 aliphatic rings. The van der Waals surface area contributed by atoms with Crippen LogP contribution in [-0.2, 0) is 14.8 Å². The van der Waals surface area contributed by atoms with Gasteiger partial charge >= 0.3 is 0 Å². The van der Waals surface area contributed by atoms with Crippen molar-refractivity contribution in [1.29, 1.82) is 0 Å². The lowest BCUT2D eigenvalue weighted by Crippen LogP contribution is -2.39. The van der Waals surface area contributed by atoms with Crippen LogP contribution in [0.4, 0.5) is 0 Å². The number of hydrogen-bond donors (Lipinski definition) is 1. The van der Waals surface area contributed by atoms with Gasteiger partial charge in [0.05, 0.1) is 10.5 Å². The van der Waals surface area contributed by atoms with Crippen molar-refractivity contribution in [2.24, 2.45) is 0 Å². The minimum Gasteiger partial charge on any atom is -0.377 e. The fraction of sp³-hybridized carbons (Fsp3) is 0.333. The molecule has 5 heteroatoms. The lowest BCUT2D eigenvalue weighted by molar-refractivity contribution is 0.0276. The Kier molecular flexibility index (Phi) is 4.13. The van der Waals surface area contributed by atoms with E-state index in [-0.39, 0.29) is 6.54 Å². The van der Waals surface area contributed by atoms with Crippen LogP contribution in [0.1, 0.15) is 13.8 Å². The molecule has 0 aliphatic heterocycles. The van der Waals surface area contributed by atoms with E-state index in [1.54, 1.807) is 19.2 Å². The van der Waals surface area contributed by atoms with Crippen molar-refractivity contribution >= 4 is 20.8 Å². The van der Waals surface area contributed by atoms with E-state index in [1.165, 1.54) is 0 Å². The summed E-state index contributed by atoms with van der Waals surface area (Å²) in [5.74, 6) is 0. The van der Waals surface area contributed by atoms with Gasteiger partial charge in [-0.15, -0.1) is 0 Å². The summed E-state index contributed by atoms with van der Waals surface area (Å²) in [5.41, 5.74) is -0.544. The summed E-state index contributed by atoms with van der Waals surface area (Å²) in [5, 5.41) is 1.62. The van der Waals surface area contributed by atoms with Gasteiger partial charge in [0.25, 0.3) is 0 Å². The molecule has 2 aromatic carbocycles. The predicted molar refractivity (Wildman–Crippen MR) is 80.2 cm³/mol. The molecule has 0 radical (unpaired) electrons. The first-order chi connectivity index (χ1) is 9.36. The molecule has 0 unspecified atom stereocenters. The van der Waals surface area contributed by atoms with E-state index in [2.05, 4.69) is 4.72 Å². The van der Waals surface area contributed by atoms with Gasteiger partial charge in [0.15, 0.2) is 0 Å². The zero-order valence-corrected chi connectivity index (χ0v) is 12.7. The van der Waals surface area contributed by atoms with E-state index in [1.807, 2.05) is 44.2 Å². The molecule has 2 aromatic rings. The third-order valence-electron chi connectivity index (χ3n) is 3.28. The van der Waals surface area contributed by atoms with Gasteiger partial charge in [-0.3, -0.25) is 0 Å². The van der Waals surface area contributed by atoms with E-state index in [0.29, 0.717) is 4.90 Å². The second-order valence-corrected chi connectivity index (χ2v) is 7.00. The highest BCUT2D eigenvalue weighted by Crippen LogP contribution is 2.22. The number of fused-ring (bicyclic) bond motifs is 1. The number of methoxy groups -OCH3 is 1. The number of ether oxygens (including phenoxy) is 1. The molecule has 0 fully saturated rings. The van der Waals surface area contributed by atoms with E-state index in [9.17, 15) is 8.42 Å². The molecule has 2 rings (SSSR count). The third-order valence-corrected chi connectivity index (χ3v) is 4.74. The second-order valence-electron chi connectivity index (χ2n) is 5.27. The minimum absolute atomic E-state index is 0.217. The highest BCUT2D eigenvalue weighted by molar-refractivity contribution is 7.89. The average molecular weight is 293 g/mol. The van der Waals surface area contributed by atoms with Crippen LogP contribution >= 0.6 is 0 Å². The third kappa shape index (κ3) is 3.17. The van der Waals surface area contributed by atoms with Gasteiger partial charge in [-0.25, -0.2) is 13.1 Å². The summed E-state index contributed by atoms with van der Waals surface area (Å²) in [7, 11) is -2.00. The molecule has 0 atom stereocenters. The number of rotatable bonds is 5. The van der Waals surface area contributed by atoms with Crippen LogP contribution < -0.4 is 4.72 Å². The summed E-state index contributed by atoms with van der Waals surface area (Å²) in [6, 6.07) is 12.7. The Morgan fingerprint density at radius 3 is 2.45 bits per heavy atom. The van der Waals surface area contributed by atoms with Crippen molar-refractivity contribution in [3.63, 3.8) is 0 Å². The molecule has 0 amide bonds. The van der Waals surface area contributed by atoms with E-state index >= 15 is 0 Å². The normalized spacial score (nSPS) is 12.8. The van der Waals surface area contributed by atoms with Gasteiger partial charge in [0.2, 0.25) is 10.0 Å². The maximum Gasteiger partial charge on any atom is 0.241 e. The van der Waals surface area contributed by atoms with Gasteiger partial charge in [-0.05, 0) is 25.3 Å². The average Bonchev–Trinajstić information content (AvgIpc) is 2.45. The highest BCUT2D eigenvalue weighted by atomic mass is 32.2. The zero-order chi connectivity index (χ0) is 14.8. The van der Waals surface area contributed by atoms with E-state index < -0.39 is 15.6 Å². The topological polar surface area (TPSA) is 55.4 Å². The summed E-state index contributed by atoms with van der Waals surface area (Å²) in [6.45, 7) is 3.88. The van der Waals surface area contributed by atoms with Crippen LogP contribution in [0.15, 0.2) is 47.4 Å². The fourth-order valence-corrected chi connectivity index (χ4v) is 3.28. The van der Waals surface area contributed by atoms with Crippen LogP contribution in [-0.4, -0.2) is 27.7 Å². The summed E-state index contributed by atoms with van der Waals surface area (Å²) < 4.78 is 32.7. The summed E-state index contributed by atoms with van der Waals surface area (Å²) in [6.07, 6.45) is 0. The molecule has 0 aliphatic carbocycles. The van der Waals surface area contributed by atoms with E-state index in [0.717, 1.165) is 10.8 Å². The monoisotopic (exact) mass is 293 g/mol. The molecular formula is C15H19NO3S. The second kappa shape index (κ2) is 5.52.